The Balaban J connectivity index is 1.74. The van der Waals surface area contributed by atoms with Gasteiger partial charge in [-0.25, -0.2) is 4.79 Å². The molecule has 28 heavy (non-hydrogen) atoms. The van der Waals surface area contributed by atoms with Crippen molar-refractivity contribution in [3.63, 3.8) is 0 Å². The van der Waals surface area contributed by atoms with Crippen LogP contribution < -0.4 is 0 Å². The van der Waals surface area contributed by atoms with Crippen LogP contribution in [0.25, 0.3) is 5.57 Å². The van der Waals surface area contributed by atoms with E-state index in [4.69, 9.17) is 9.84 Å². The maximum absolute atomic E-state index is 10.8. The number of carboxylic acid groups (broad SMARTS) is 1. The van der Waals surface area contributed by atoms with Gasteiger partial charge in [-0.15, -0.1) is 0 Å². The van der Waals surface area contributed by atoms with E-state index in [-0.39, 0.29) is 23.0 Å². The summed E-state index contributed by atoms with van der Waals surface area (Å²) in [5.41, 5.74) is 6.54. The fourth-order valence-electron chi connectivity index (χ4n) is 4.57. The van der Waals surface area contributed by atoms with Crippen LogP contribution >= 0.6 is 0 Å². The van der Waals surface area contributed by atoms with Crippen molar-refractivity contribution >= 4 is 11.5 Å². The second-order valence-electron chi connectivity index (χ2n) is 9.18. The number of hydrogen-bond acceptors (Lipinski definition) is 2. The van der Waals surface area contributed by atoms with Crippen LogP contribution in [0.3, 0.4) is 0 Å². The lowest BCUT2D eigenvalue weighted by molar-refractivity contribution is -0.131. The first-order valence-corrected chi connectivity index (χ1v) is 9.99. The molecule has 0 spiro atoms. The molecule has 0 amide bonds. The van der Waals surface area contributed by atoms with Crippen molar-refractivity contribution in [1.29, 1.82) is 0 Å². The van der Waals surface area contributed by atoms with Crippen LogP contribution in [-0.4, -0.2) is 23.3 Å². The summed E-state index contributed by atoms with van der Waals surface area (Å²) < 4.78 is 6.08. The fraction of sp³-hybridized carbons (Fsp3) is 0.400. The van der Waals surface area contributed by atoms with Gasteiger partial charge in [0.25, 0.3) is 0 Å². The third-order valence-corrected chi connectivity index (χ3v) is 6.22. The van der Waals surface area contributed by atoms with Crippen molar-refractivity contribution in [2.24, 2.45) is 0 Å². The first-order valence-electron chi connectivity index (χ1n) is 9.99. The van der Waals surface area contributed by atoms with Gasteiger partial charge >= 0.3 is 5.97 Å². The number of hydrogen-bond donors (Lipinski definition) is 1. The van der Waals surface area contributed by atoms with Crippen LogP contribution in [0.4, 0.5) is 0 Å². The molecule has 1 aromatic rings. The molecule has 146 valence electrons. The summed E-state index contributed by atoms with van der Waals surface area (Å²) in [4.78, 5) is 10.8. The van der Waals surface area contributed by atoms with Gasteiger partial charge in [-0.2, -0.15) is 0 Å². The van der Waals surface area contributed by atoms with Crippen LogP contribution in [0.15, 0.2) is 60.2 Å². The smallest absolute Gasteiger partial charge is 0.328 e. The van der Waals surface area contributed by atoms with E-state index in [9.17, 15) is 4.79 Å². The second-order valence-corrected chi connectivity index (χ2v) is 9.18. The predicted molar refractivity (Wildman–Crippen MR) is 112 cm³/mol. The molecule has 2 atom stereocenters. The number of fused-ring (bicyclic) bond motifs is 2. The van der Waals surface area contributed by atoms with Gasteiger partial charge in [-0.05, 0) is 46.4 Å². The van der Waals surface area contributed by atoms with Crippen molar-refractivity contribution in [2.45, 2.75) is 63.6 Å². The highest BCUT2D eigenvalue weighted by molar-refractivity contribution is 5.81. The predicted octanol–water partition coefficient (Wildman–Crippen LogP) is 5.32. The van der Waals surface area contributed by atoms with E-state index in [0.29, 0.717) is 0 Å². The molecule has 2 aliphatic carbocycles. The number of rotatable bonds is 3. The van der Waals surface area contributed by atoms with Gasteiger partial charge in [0.05, 0.1) is 12.2 Å². The molecule has 0 bridgehead atoms. The lowest BCUT2D eigenvalue weighted by Gasteiger charge is -2.37. The molecular formula is C25H28O3. The monoisotopic (exact) mass is 376 g/mol. The van der Waals surface area contributed by atoms with E-state index in [1.807, 2.05) is 0 Å². The summed E-state index contributed by atoms with van der Waals surface area (Å²) >= 11 is 0. The third-order valence-electron chi connectivity index (χ3n) is 6.22. The van der Waals surface area contributed by atoms with E-state index in [1.54, 1.807) is 6.08 Å². The lowest BCUT2D eigenvalue weighted by Crippen LogP contribution is -2.29. The Labute approximate surface area is 167 Å². The number of aliphatic carboxylic acids is 1. The summed E-state index contributed by atoms with van der Waals surface area (Å²) in [6.45, 7) is 9.06. The molecule has 3 aliphatic rings. The standard InChI is InChI=1S/C25H28O3/c1-24(2)12-13-25(3,4)21-14-16(8-10-20(21)24)18-6-5-7-22-19(18)15-17(28-22)9-11-23(26)27/h5-6,8-14,17,22H,7,15H2,1-4H3,(H,26,27)/b11-9+. The zero-order chi connectivity index (χ0) is 20.1. The Morgan fingerprint density at radius 1 is 1.14 bits per heavy atom. The van der Waals surface area contributed by atoms with Crippen molar-refractivity contribution in [3.05, 3.63) is 76.9 Å². The van der Waals surface area contributed by atoms with E-state index in [0.717, 1.165) is 12.8 Å². The topological polar surface area (TPSA) is 46.5 Å². The SMILES string of the molecule is CC1(C)C=CC(C)(C)c2cc(C3=C4CC(/C=C/C(=O)O)OC4CC=C3)ccc21. The Kier molecular flexibility index (Phi) is 4.46. The fourth-order valence-corrected chi connectivity index (χ4v) is 4.57. The number of ether oxygens (including phenoxy) is 1. The normalized spacial score (nSPS) is 27.1. The average molecular weight is 376 g/mol. The molecule has 0 radical (unpaired) electrons. The van der Waals surface area contributed by atoms with Crippen molar-refractivity contribution < 1.29 is 14.6 Å². The minimum atomic E-state index is -0.932. The van der Waals surface area contributed by atoms with Crippen LogP contribution in [0.5, 0.6) is 0 Å². The third kappa shape index (κ3) is 3.29. The Morgan fingerprint density at radius 3 is 2.57 bits per heavy atom. The summed E-state index contributed by atoms with van der Waals surface area (Å²) in [7, 11) is 0. The molecule has 1 aromatic carbocycles. The van der Waals surface area contributed by atoms with Gasteiger partial charge < -0.3 is 9.84 Å². The van der Waals surface area contributed by atoms with E-state index in [1.165, 1.54) is 33.9 Å². The van der Waals surface area contributed by atoms with Crippen LogP contribution in [0.2, 0.25) is 0 Å². The highest BCUT2D eigenvalue weighted by Crippen LogP contribution is 2.44. The number of allylic oxidation sites excluding steroid dienone is 4. The largest absolute Gasteiger partial charge is 0.478 e. The first kappa shape index (κ1) is 18.9. The van der Waals surface area contributed by atoms with Gasteiger partial charge in [-0.1, -0.05) is 64.1 Å². The lowest BCUT2D eigenvalue weighted by atomic mass is 9.67. The van der Waals surface area contributed by atoms with E-state index in [2.05, 4.69) is 70.2 Å². The molecule has 0 aromatic heterocycles. The van der Waals surface area contributed by atoms with Gasteiger partial charge in [-0.3, -0.25) is 0 Å². The van der Waals surface area contributed by atoms with E-state index >= 15 is 0 Å². The maximum atomic E-state index is 10.8. The molecule has 1 N–H and O–H groups in total. The van der Waals surface area contributed by atoms with Crippen LogP contribution in [0, 0.1) is 0 Å². The summed E-state index contributed by atoms with van der Waals surface area (Å²) in [6, 6.07) is 6.85. The van der Waals surface area contributed by atoms with Gasteiger partial charge in [0.15, 0.2) is 0 Å². The number of carboxylic acids is 1. The summed E-state index contributed by atoms with van der Waals surface area (Å²) in [5.74, 6) is -0.932. The Bertz CT molecular complexity index is 941. The first-order chi connectivity index (χ1) is 13.2. The molecule has 3 nitrogen and oxygen atoms in total. The maximum Gasteiger partial charge on any atom is 0.328 e. The molecule has 1 saturated heterocycles. The summed E-state index contributed by atoms with van der Waals surface area (Å²) in [6.07, 6.45) is 13.3. The van der Waals surface area contributed by atoms with Crippen molar-refractivity contribution in [3.8, 4) is 0 Å². The van der Waals surface area contributed by atoms with Crippen LogP contribution in [0.1, 0.15) is 57.2 Å². The van der Waals surface area contributed by atoms with Crippen molar-refractivity contribution in [2.75, 3.05) is 0 Å². The minimum Gasteiger partial charge on any atom is -0.478 e. The minimum absolute atomic E-state index is 0.00279. The number of carbonyl (C=O) groups is 1. The zero-order valence-electron chi connectivity index (χ0n) is 17.0. The van der Waals surface area contributed by atoms with Gasteiger partial charge in [0, 0.05) is 23.3 Å². The molecule has 1 fully saturated rings. The highest BCUT2D eigenvalue weighted by atomic mass is 16.5. The average Bonchev–Trinajstić information content (AvgIpc) is 3.07. The van der Waals surface area contributed by atoms with Crippen molar-refractivity contribution in [1.82, 2.24) is 0 Å². The number of benzene rings is 1. The Morgan fingerprint density at radius 2 is 1.86 bits per heavy atom. The second kappa shape index (κ2) is 6.59. The van der Waals surface area contributed by atoms with Crippen LogP contribution in [-0.2, 0) is 20.4 Å². The molecule has 4 rings (SSSR count). The molecule has 1 heterocycles. The van der Waals surface area contributed by atoms with Gasteiger partial charge in [0.1, 0.15) is 0 Å². The quantitative estimate of drug-likeness (QED) is 0.573. The van der Waals surface area contributed by atoms with Gasteiger partial charge in [0.2, 0.25) is 0 Å². The Hall–Kier alpha value is -2.39. The molecular weight excluding hydrogens is 348 g/mol. The highest BCUT2D eigenvalue weighted by Gasteiger charge is 2.35. The molecule has 1 aliphatic heterocycles. The molecule has 2 unspecified atom stereocenters. The van der Waals surface area contributed by atoms with E-state index < -0.39 is 5.97 Å². The zero-order valence-corrected chi connectivity index (χ0v) is 17.0. The summed E-state index contributed by atoms with van der Waals surface area (Å²) in [5, 5.41) is 8.89. The molecule has 3 heteroatoms. The molecule has 0 saturated carbocycles.